The number of pyridine rings is 2. The van der Waals surface area contributed by atoms with Gasteiger partial charge in [-0.3, -0.25) is 9.59 Å². The zero-order chi connectivity index (χ0) is 57.5. The van der Waals surface area contributed by atoms with Crippen molar-refractivity contribution in [2.75, 3.05) is 40.5 Å². The summed E-state index contributed by atoms with van der Waals surface area (Å²) in [6.45, 7) is 10.6. The smallest absolute Gasteiger partial charge is 0.355 e. The number of nitrogens with zero attached hydrogens (tertiary/aromatic N) is 2. The molecule has 0 fully saturated rings. The Morgan fingerprint density at radius 2 is 0.962 bits per heavy atom. The molecule has 0 spiro atoms. The molecule has 0 radical (unpaired) electrons. The summed E-state index contributed by atoms with van der Waals surface area (Å²) < 4.78 is 75.1. The van der Waals surface area contributed by atoms with Gasteiger partial charge in [-0.25, -0.2) is 35.9 Å². The van der Waals surface area contributed by atoms with E-state index >= 15 is 0 Å². The number of rotatable bonds is 18. The molecule has 0 aliphatic rings. The highest BCUT2D eigenvalue weighted by Gasteiger charge is 2.37. The number of carbonyl (C=O) groups excluding carboxylic acids is 2. The lowest BCUT2D eigenvalue weighted by atomic mass is 9.99. The van der Waals surface area contributed by atoms with E-state index in [0.717, 1.165) is 0 Å². The summed E-state index contributed by atoms with van der Waals surface area (Å²) in [5.41, 5.74) is 3.37. The van der Waals surface area contributed by atoms with Gasteiger partial charge in [0.05, 0.1) is 41.7 Å². The fourth-order valence-corrected chi connectivity index (χ4v) is 11.9. The maximum Gasteiger partial charge on any atom is 0.355 e. The Morgan fingerprint density at radius 1 is 0.582 bits per heavy atom. The Morgan fingerprint density at radius 3 is 1.32 bits per heavy atom. The molecule has 6 aromatic carbocycles. The molecule has 2 heterocycles. The van der Waals surface area contributed by atoms with Crippen molar-refractivity contribution in [2.45, 2.75) is 61.5 Å². The number of benzene rings is 6. The Labute approximate surface area is 469 Å². The molecule has 0 amide bonds. The molecule has 21 heteroatoms. The van der Waals surface area contributed by atoms with Gasteiger partial charge in [-0.2, -0.15) is 0 Å². The third-order valence-corrected chi connectivity index (χ3v) is 21.5. The first-order valence-electron chi connectivity index (χ1n) is 24.9. The van der Waals surface area contributed by atoms with Crippen molar-refractivity contribution in [1.29, 1.82) is 0 Å². The monoisotopic (exact) mass is 1170 g/mol. The third kappa shape index (κ3) is 13.6. The SMILES string of the molecule is COC(=O)c1c(Cc2ccc(S(=O)(=O)NCCO)cc2)c(=O)c2ccc(Cl)cc2n1-c1ccccc1.COC(=O)c1c(Cc2ccc(S(=O)(=O)NCCO[Si](C)(C)C(C)(C)C)cc2)c(=O)c2ccc(Cl)cc2n1-c1ccccc1. The van der Waals surface area contributed by atoms with Gasteiger partial charge in [0.2, 0.25) is 20.0 Å². The molecule has 414 valence electrons. The first-order chi connectivity index (χ1) is 37.4. The molecular formula is C58H60Cl2N4O12S2Si. The fraction of sp³-hybridized carbons (Fsp3) is 0.241. The van der Waals surface area contributed by atoms with E-state index in [1.807, 2.05) is 48.5 Å². The Bertz CT molecular complexity index is 3890. The highest BCUT2D eigenvalue weighted by atomic mass is 35.5. The van der Waals surface area contributed by atoms with E-state index < -0.39 is 40.3 Å². The maximum absolute atomic E-state index is 13.8. The van der Waals surface area contributed by atoms with E-state index in [-0.39, 0.29) is 87.3 Å². The molecule has 16 nitrogen and oxygen atoms in total. The number of fused-ring (bicyclic) bond motifs is 2. The van der Waals surface area contributed by atoms with Crippen LogP contribution in [0.5, 0.6) is 0 Å². The summed E-state index contributed by atoms with van der Waals surface area (Å²) in [5, 5.41) is 10.5. The van der Waals surface area contributed by atoms with Crippen LogP contribution in [0.25, 0.3) is 33.2 Å². The van der Waals surface area contributed by atoms with Gasteiger partial charge in [-0.1, -0.05) is 105 Å². The molecule has 8 aromatic rings. The van der Waals surface area contributed by atoms with Crippen molar-refractivity contribution in [3.63, 3.8) is 0 Å². The number of aliphatic hydroxyl groups is 1. The fourth-order valence-electron chi connectivity index (χ4n) is 8.48. The van der Waals surface area contributed by atoms with E-state index in [0.29, 0.717) is 54.4 Å². The van der Waals surface area contributed by atoms with Crippen LogP contribution >= 0.6 is 23.2 Å². The van der Waals surface area contributed by atoms with Gasteiger partial charge in [-0.05, 0) is 114 Å². The summed E-state index contributed by atoms with van der Waals surface area (Å²) in [5.74, 6) is -1.37. The van der Waals surface area contributed by atoms with Gasteiger partial charge in [-0.15, -0.1) is 0 Å². The number of para-hydroxylation sites is 2. The van der Waals surface area contributed by atoms with Gasteiger partial charge in [0.25, 0.3) is 0 Å². The van der Waals surface area contributed by atoms with Gasteiger partial charge in [0.15, 0.2) is 19.2 Å². The van der Waals surface area contributed by atoms with Crippen LogP contribution in [0.3, 0.4) is 0 Å². The maximum atomic E-state index is 13.8. The number of hydrogen-bond donors (Lipinski definition) is 3. The second-order valence-corrected chi connectivity index (χ2v) is 28.9. The summed E-state index contributed by atoms with van der Waals surface area (Å²) in [4.78, 5) is 53.8. The predicted molar refractivity (Wildman–Crippen MR) is 311 cm³/mol. The molecule has 8 rings (SSSR count). The zero-order valence-corrected chi connectivity index (χ0v) is 48.6. The number of carbonyl (C=O) groups is 2. The number of hydrogen-bond acceptors (Lipinski definition) is 12. The minimum Gasteiger partial charge on any atom is -0.464 e. The molecule has 0 atom stereocenters. The number of aromatic nitrogens is 2. The van der Waals surface area contributed by atoms with Gasteiger partial charge < -0.3 is 28.1 Å². The van der Waals surface area contributed by atoms with E-state index in [9.17, 15) is 36.0 Å². The zero-order valence-electron chi connectivity index (χ0n) is 44.5. The average Bonchev–Trinajstić information content (AvgIpc) is 3.47. The van der Waals surface area contributed by atoms with Crippen molar-refractivity contribution >= 4 is 85.3 Å². The molecule has 0 aliphatic heterocycles. The van der Waals surface area contributed by atoms with Crippen LogP contribution in [0.15, 0.2) is 165 Å². The number of aliphatic hydroxyl groups excluding tert-OH is 1. The molecule has 2 aromatic heterocycles. The molecule has 3 N–H and O–H groups in total. The lowest BCUT2D eigenvalue weighted by Gasteiger charge is -2.36. The second kappa shape index (κ2) is 25.1. The van der Waals surface area contributed by atoms with E-state index in [4.69, 9.17) is 42.2 Å². The lowest BCUT2D eigenvalue weighted by Crippen LogP contribution is -2.42. The molecule has 0 saturated heterocycles. The number of ether oxygens (including phenoxy) is 2. The highest BCUT2D eigenvalue weighted by Crippen LogP contribution is 2.36. The van der Waals surface area contributed by atoms with Crippen molar-refractivity contribution in [2.24, 2.45) is 0 Å². The van der Waals surface area contributed by atoms with E-state index in [2.05, 4.69) is 43.3 Å². The van der Waals surface area contributed by atoms with Crippen molar-refractivity contribution in [3.05, 3.63) is 210 Å². The quantitative estimate of drug-likeness (QED) is 0.0416. The minimum atomic E-state index is -3.78. The standard InChI is InChI=1S/C32H37ClN2O6SSi.C26H23ClN2O6S/c1-32(2,3)43(5,6)41-19-18-34-42(38,39)25-15-12-22(13-16-25)20-27-29(31(37)40-4)35(24-10-8-7-9-11-24)28-21-23(33)14-17-26(28)30(27)36;1-35-26(32)24-22(15-17-7-10-20(11-8-17)36(33,34)28-13-14-30)25(31)21-12-9-18(27)16-23(21)29(24)19-5-3-2-4-6-19/h7-17,21,34H,18-20H2,1-6H3;2-12,16,28,30H,13-15H2,1H3. The van der Waals surface area contributed by atoms with Crippen LogP contribution in [-0.2, 0) is 46.8 Å². The molecule has 0 bridgehead atoms. The molecule has 0 unspecified atom stereocenters. The lowest BCUT2D eigenvalue weighted by molar-refractivity contribution is 0.0581. The van der Waals surface area contributed by atoms with Crippen molar-refractivity contribution in [3.8, 4) is 11.4 Å². The van der Waals surface area contributed by atoms with E-state index in [1.165, 1.54) is 38.5 Å². The number of halogens is 2. The number of nitrogens with one attached hydrogen (secondary N) is 2. The first-order valence-corrected chi connectivity index (χ1v) is 31.5. The molecular weight excluding hydrogens is 1110 g/mol. The summed E-state index contributed by atoms with van der Waals surface area (Å²) in [6, 6.07) is 40.2. The second-order valence-electron chi connectivity index (χ2n) is 19.7. The Kier molecular flexibility index (Phi) is 19.0. The van der Waals surface area contributed by atoms with Gasteiger partial charge in [0, 0.05) is 75.9 Å². The molecule has 0 aliphatic carbocycles. The van der Waals surface area contributed by atoms with Crippen LogP contribution in [-0.4, -0.2) is 91.9 Å². The highest BCUT2D eigenvalue weighted by molar-refractivity contribution is 7.89. The summed E-state index contributed by atoms with van der Waals surface area (Å²) in [6.07, 6.45) is 0.127. The number of methoxy groups -OCH3 is 2. The largest absolute Gasteiger partial charge is 0.464 e. The van der Waals surface area contributed by atoms with Crippen LogP contribution in [0, 0.1) is 0 Å². The topological polar surface area (TPSA) is 218 Å². The summed E-state index contributed by atoms with van der Waals surface area (Å²) in [7, 11) is -7.05. The minimum absolute atomic E-state index is 0.0164. The number of sulfonamides is 2. The van der Waals surface area contributed by atoms with Crippen LogP contribution < -0.4 is 20.3 Å². The first kappa shape index (κ1) is 59.9. The van der Waals surface area contributed by atoms with Gasteiger partial charge in [0.1, 0.15) is 11.4 Å². The van der Waals surface area contributed by atoms with Crippen LogP contribution in [0.4, 0.5) is 0 Å². The number of esters is 2. The molecule has 79 heavy (non-hydrogen) atoms. The van der Waals surface area contributed by atoms with Crippen molar-refractivity contribution in [1.82, 2.24) is 18.6 Å². The summed E-state index contributed by atoms with van der Waals surface area (Å²) >= 11 is 12.6. The van der Waals surface area contributed by atoms with Gasteiger partial charge >= 0.3 is 11.9 Å². The average molecular weight is 1170 g/mol. The normalized spacial score (nSPS) is 12.0. The van der Waals surface area contributed by atoms with Crippen molar-refractivity contribution < 1.29 is 45.4 Å². The van der Waals surface area contributed by atoms with Crippen LogP contribution in [0.1, 0.15) is 64.0 Å². The predicted octanol–water partition coefficient (Wildman–Crippen LogP) is 9.61. The third-order valence-electron chi connectivity index (χ3n) is 13.5. The Hall–Kier alpha value is -6.78. The van der Waals surface area contributed by atoms with E-state index in [1.54, 1.807) is 81.9 Å². The Balaban J connectivity index is 0.000000232. The van der Waals surface area contributed by atoms with Crippen LogP contribution in [0.2, 0.25) is 28.2 Å². The molecule has 0 saturated carbocycles.